The highest BCUT2D eigenvalue weighted by Gasteiger charge is 2.54. The molecule has 1 aromatic rings. The third-order valence-corrected chi connectivity index (χ3v) is 7.11. The third kappa shape index (κ3) is 5.62. The number of carbonyl (C=O) groups is 3. The molecule has 0 saturated carbocycles. The fraction of sp³-hybridized carbons (Fsp3) is 0.654. The van der Waals surface area contributed by atoms with Crippen molar-refractivity contribution in [3.05, 3.63) is 29.8 Å². The summed E-state index contributed by atoms with van der Waals surface area (Å²) in [7, 11) is 1.55. The minimum Gasteiger partial charge on any atom is -0.497 e. The van der Waals surface area contributed by atoms with Crippen LogP contribution in [0.4, 0.5) is 0 Å². The van der Waals surface area contributed by atoms with Crippen molar-refractivity contribution in [1.29, 1.82) is 0 Å². The number of carbonyl (C=O) groups excluding carboxylic acids is 3. The summed E-state index contributed by atoms with van der Waals surface area (Å²) in [4.78, 5) is 43.2. The Morgan fingerprint density at radius 3 is 2.66 bits per heavy atom. The lowest BCUT2D eigenvalue weighted by Gasteiger charge is -2.44. The molecule has 4 rings (SSSR count). The number of nitrogens with one attached hydrogen (secondary N) is 1. The first kappa shape index (κ1) is 25.4. The molecule has 1 N–H and O–H groups in total. The van der Waals surface area contributed by atoms with Gasteiger partial charge >= 0.3 is 0 Å². The second kappa shape index (κ2) is 11.0. The van der Waals surface area contributed by atoms with E-state index >= 15 is 0 Å². The molecular formula is C26H37N3O6. The number of methoxy groups -OCH3 is 1. The van der Waals surface area contributed by atoms with Crippen molar-refractivity contribution < 1.29 is 28.6 Å². The van der Waals surface area contributed by atoms with Crippen LogP contribution in [0, 0.1) is 5.92 Å². The Morgan fingerprint density at radius 1 is 1.23 bits per heavy atom. The average molecular weight is 488 g/mol. The second-order valence-corrected chi connectivity index (χ2v) is 10.0. The molecule has 35 heavy (non-hydrogen) atoms. The molecule has 9 heteroatoms. The first-order chi connectivity index (χ1) is 16.8. The molecular weight excluding hydrogens is 450 g/mol. The summed E-state index contributed by atoms with van der Waals surface area (Å²) in [6.45, 7) is 6.27. The van der Waals surface area contributed by atoms with E-state index in [1.165, 1.54) is 0 Å². The molecule has 0 aromatic heterocycles. The first-order valence-corrected chi connectivity index (χ1v) is 12.6. The quantitative estimate of drug-likeness (QED) is 0.633. The number of hydrogen-bond donors (Lipinski definition) is 1. The van der Waals surface area contributed by atoms with Gasteiger partial charge in [0.25, 0.3) is 5.91 Å². The molecule has 0 unspecified atom stereocenters. The average Bonchev–Trinajstić information content (AvgIpc) is 3.50. The Bertz CT molecular complexity index is 921. The SMILES string of the molecule is COc1cccc(C(=O)N2[C@H](C(=O)NC[C@@H]3CCCO3)COC23CCN(C(=O)CC(C)C)CC3)c1. The number of benzene rings is 1. The van der Waals surface area contributed by atoms with E-state index in [0.29, 0.717) is 56.8 Å². The van der Waals surface area contributed by atoms with Crippen molar-refractivity contribution in [2.45, 2.75) is 63.8 Å². The number of rotatable bonds is 7. The summed E-state index contributed by atoms with van der Waals surface area (Å²) < 4.78 is 17.2. The van der Waals surface area contributed by atoms with E-state index < -0.39 is 11.8 Å². The van der Waals surface area contributed by atoms with Crippen LogP contribution in [0.1, 0.15) is 56.3 Å². The van der Waals surface area contributed by atoms with Crippen LogP contribution in [0.2, 0.25) is 0 Å². The maximum absolute atomic E-state index is 13.8. The zero-order chi connectivity index (χ0) is 25.0. The minimum absolute atomic E-state index is 0.00739. The largest absolute Gasteiger partial charge is 0.497 e. The van der Waals surface area contributed by atoms with Gasteiger partial charge < -0.3 is 24.4 Å². The number of likely N-dealkylation sites (tertiary alicyclic amines) is 1. The molecule has 3 fully saturated rings. The number of nitrogens with zero attached hydrogens (tertiary/aromatic N) is 2. The van der Waals surface area contributed by atoms with Crippen molar-refractivity contribution in [2.24, 2.45) is 5.92 Å². The zero-order valence-corrected chi connectivity index (χ0v) is 21.0. The van der Waals surface area contributed by atoms with Crippen LogP contribution >= 0.6 is 0 Å². The number of piperidine rings is 1. The number of ether oxygens (including phenoxy) is 3. The highest BCUT2D eigenvalue weighted by atomic mass is 16.5. The fourth-order valence-corrected chi connectivity index (χ4v) is 5.18. The summed E-state index contributed by atoms with van der Waals surface area (Å²) in [5, 5.41) is 2.97. The highest BCUT2D eigenvalue weighted by molar-refractivity contribution is 5.98. The van der Waals surface area contributed by atoms with E-state index in [0.717, 1.165) is 12.8 Å². The Hall–Kier alpha value is -2.65. The summed E-state index contributed by atoms with van der Waals surface area (Å²) in [6, 6.07) is 6.18. The number of amides is 3. The zero-order valence-electron chi connectivity index (χ0n) is 21.0. The van der Waals surface area contributed by atoms with E-state index in [4.69, 9.17) is 14.2 Å². The maximum Gasteiger partial charge on any atom is 0.257 e. The smallest absolute Gasteiger partial charge is 0.257 e. The summed E-state index contributed by atoms with van der Waals surface area (Å²) in [5.41, 5.74) is -0.495. The van der Waals surface area contributed by atoms with E-state index in [9.17, 15) is 14.4 Å². The van der Waals surface area contributed by atoms with Gasteiger partial charge in [-0.05, 0) is 37.0 Å². The highest BCUT2D eigenvalue weighted by Crippen LogP contribution is 2.39. The molecule has 1 spiro atoms. The first-order valence-electron chi connectivity index (χ1n) is 12.6. The molecule has 0 bridgehead atoms. The lowest BCUT2D eigenvalue weighted by Crippen LogP contribution is -2.60. The van der Waals surface area contributed by atoms with Gasteiger partial charge in [0.1, 0.15) is 17.5 Å². The van der Waals surface area contributed by atoms with Crippen LogP contribution in [0.5, 0.6) is 5.75 Å². The van der Waals surface area contributed by atoms with Crippen LogP contribution in [-0.4, -0.2) is 85.3 Å². The van der Waals surface area contributed by atoms with E-state index in [-0.39, 0.29) is 36.4 Å². The number of hydrogen-bond acceptors (Lipinski definition) is 6. The van der Waals surface area contributed by atoms with Crippen molar-refractivity contribution >= 4 is 17.7 Å². The molecule has 9 nitrogen and oxygen atoms in total. The molecule has 3 heterocycles. The molecule has 3 amide bonds. The van der Waals surface area contributed by atoms with Crippen LogP contribution in [0.15, 0.2) is 24.3 Å². The van der Waals surface area contributed by atoms with Crippen LogP contribution < -0.4 is 10.1 Å². The Morgan fingerprint density at radius 2 is 2.00 bits per heavy atom. The molecule has 3 aliphatic rings. The van der Waals surface area contributed by atoms with Crippen molar-refractivity contribution in [3.63, 3.8) is 0 Å². The molecule has 1 aromatic carbocycles. The van der Waals surface area contributed by atoms with Gasteiger partial charge in [0.05, 0.1) is 19.8 Å². The molecule has 0 radical (unpaired) electrons. The fourth-order valence-electron chi connectivity index (χ4n) is 5.18. The topological polar surface area (TPSA) is 97.4 Å². The van der Waals surface area contributed by atoms with Gasteiger partial charge in [0.15, 0.2) is 0 Å². The van der Waals surface area contributed by atoms with Crippen molar-refractivity contribution in [3.8, 4) is 5.75 Å². The predicted molar refractivity (Wildman–Crippen MR) is 129 cm³/mol. The third-order valence-electron chi connectivity index (χ3n) is 7.11. The maximum atomic E-state index is 13.8. The van der Waals surface area contributed by atoms with Crippen LogP contribution in [0.25, 0.3) is 0 Å². The van der Waals surface area contributed by atoms with E-state index in [1.54, 1.807) is 36.3 Å². The van der Waals surface area contributed by atoms with E-state index in [1.807, 2.05) is 18.7 Å². The van der Waals surface area contributed by atoms with Gasteiger partial charge in [-0.2, -0.15) is 0 Å². The van der Waals surface area contributed by atoms with Gasteiger partial charge in [0.2, 0.25) is 11.8 Å². The normalized spacial score (nSPS) is 23.7. The van der Waals surface area contributed by atoms with Gasteiger partial charge in [-0.15, -0.1) is 0 Å². The predicted octanol–water partition coefficient (Wildman–Crippen LogP) is 2.20. The van der Waals surface area contributed by atoms with Crippen molar-refractivity contribution in [1.82, 2.24) is 15.1 Å². The standard InChI is InChI=1S/C26H37N3O6/c1-18(2)14-23(30)28-11-9-26(10-12-28)29(25(32)19-6-4-7-20(15-19)33-3)22(17-35-26)24(31)27-16-21-8-5-13-34-21/h4,6-7,15,18,21-22H,5,8-14,16-17H2,1-3H3,(H,27,31)/t21-,22-/m0/s1. The summed E-state index contributed by atoms with van der Waals surface area (Å²) >= 11 is 0. The molecule has 2 atom stereocenters. The molecule has 3 saturated heterocycles. The second-order valence-electron chi connectivity index (χ2n) is 10.0. The lowest BCUT2D eigenvalue weighted by molar-refractivity contribution is -0.144. The van der Waals surface area contributed by atoms with E-state index in [2.05, 4.69) is 5.32 Å². The molecule has 192 valence electrons. The van der Waals surface area contributed by atoms with Gasteiger partial charge in [-0.3, -0.25) is 19.3 Å². The Kier molecular flexibility index (Phi) is 7.96. The van der Waals surface area contributed by atoms with Crippen LogP contribution in [-0.2, 0) is 19.1 Å². The Balaban J connectivity index is 1.54. The Labute approximate surface area is 207 Å². The lowest BCUT2D eigenvalue weighted by atomic mass is 9.96. The summed E-state index contributed by atoms with van der Waals surface area (Å²) in [5.74, 6) is 0.444. The molecule has 0 aliphatic carbocycles. The molecule has 3 aliphatic heterocycles. The van der Waals surface area contributed by atoms with Gasteiger partial charge in [-0.25, -0.2) is 0 Å². The monoisotopic (exact) mass is 487 g/mol. The van der Waals surface area contributed by atoms with Crippen molar-refractivity contribution in [2.75, 3.05) is 40.0 Å². The summed E-state index contributed by atoms with van der Waals surface area (Å²) in [6.07, 6.45) is 3.33. The van der Waals surface area contributed by atoms with Gasteiger partial charge in [-0.1, -0.05) is 19.9 Å². The minimum atomic E-state index is -0.930. The van der Waals surface area contributed by atoms with Gasteiger partial charge in [0, 0.05) is 51.1 Å². The van der Waals surface area contributed by atoms with Crippen LogP contribution in [0.3, 0.4) is 0 Å².